The standard InChI is InChI=1S/C27H48O2Si/c1-18-12-15-27(9)16-20-19(2)21(28)13-14-26(20,8)17-22(23(18)25(27,6)7)29-30(10,11)24(3,4)5/h20-22,28H,2,12-17H2,1,3-11H3/t20-,21+,22+,26+,27+/m1/s1. The summed E-state index contributed by atoms with van der Waals surface area (Å²) in [6.45, 7) is 28.6. The molecule has 2 nitrogen and oxygen atoms in total. The molecule has 0 aromatic heterocycles. The first kappa shape index (κ1) is 24.3. The quantitative estimate of drug-likeness (QED) is 0.359. The average Bonchev–Trinajstić information content (AvgIpc) is 2.57. The number of aliphatic hydroxyl groups excluding tert-OH is 1. The Morgan fingerprint density at radius 3 is 2.23 bits per heavy atom. The maximum Gasteiger partial charge on any atom is 0.192 e. The molecule has 3 aliphatic rings. The maximum atomic E-state index is 10.7. The molecule has 1 N–H and O–H groups in total. The predicted molar refractivity (Wildman–Crippen MR) is 131 cm³/mol. The lowest BCUT2D eigenvalue weighted by Crippen LogP contribution is -2.55. The normalized spacial score (nSPS) is 40.0. The molecule has 3 rings (SSSR count). The largest absolute Gasteiger partial charge is 0.410 e. The Morgan fingerprint density at radius 1 is 1.07 bits per heavy atom. The van der Waals surface area contributed by atoms with Crippen LogP contribution in [0.3, 0.4) is 0 Å². The van der Waals surface area contributed by atoms with E-state index < -0.39 is 8.32 Å². The smallest absolute Gasteiger partial charge is 0.192 e. The maximum absolute atomic E-state index is 10.7. The highest BCUT2D eigenvalue weighted by molar-refractivity contribution is 6.74. The molecule has 0 aliphatic heterocycles. The minimum absolute atomic E-state index is 0.0897. The Kier molecular flexibility index (Phi) is 5.92. The van der Waals surface area contributed by atoms with E-state index in [0.717, 1.165) is 31.3 Å². The fraction of sp³-hybridized carbons (Fsp3) is 0.852. The second-order valence-electron chi connectivity index (χ2n) is 13.5. The van der Waals surface area contributed by atoms with Gasteiger partial charge in [0.2, 0.25) is 0 Å². The summed E-state index contributed by atoms with van der Waals surface area (Å²) < 4.78 is 7.28. The van der Waals surface area contributed by atoms with Gasteiger partial charge in [-0.3, -0.25) is 0 Å². The SMILES string of the molecule is C=C1[C@H]2C[C@]3(C)CCC(C)=C([C@@H](O[Si](C)(C)C(C)(C)C)C[C@]2(C)CC[C@@H]1O)C3(C)C. The molecule has 2 saturated carbocycles. The van der Waals surface area contributed by atoms with Crippen LogP contribution in [0.25, 0.3) is 0 Å². The lowest BCUT2D eigenvalue weighted by atomic mass is 9.46. The lowest BCUT2D eigenvalue weighted by Gasteiger charge is -2.60. The Balaban J connectivity index is 2.16. The van der Waals surface area contributed by atoms with Crippen molar-refractivity contribution in [1.82, 2.24) is 0 Å². The van der Waals surface area contributed by atoms with E-state index in [4.69, 9.17) is 4.43 Å². The zero-order chi connectivity index (χ0) is 22.9. The van der Waals surface area contributed by atoms with Crippen molar-refractivity contribution in [2.75, 3.05) is 0 Å². The van der Waals surface area contributed by atoms with Crippen LogP contribution in [0.15, 0.2) is 23.3 Å². The second kappa shape index (κ2) is 7.32. The predicted octanol–water partition coefficient (Wildman–Crippen LogP) is 7.65. The molecule has 3 aliphatic carbocycles. The van der Waals surface area contributed by atoms with Gasteiger partial charge in [-0.05, 0) is 96.9 Å². The van der Waals surface area contributed by atoms with Crippen LogP contribution in [0.2, 0.25) is 18.1 Å². The first-order chi connectivity index (χ1) is 13.5. The highest BCUT2D eigenvalue weighted by Crippen LogP contribution is 2.64. The first-order valence-electron chi connectivity index (χ1n) is 12.2. The number of rotatable bonds is 2. The fourth-order valence-electron chi connectivity index (χ4n) is 6.54. The van der Waals surface area contributed by atoms with E-state index in [1.807, 2.05) is 0 Å². The summed E-state index contributed by atoms with van der Waals surface area (Å²) in [4.78, 5) is 0. The van der Waals surface area contributed by atoms with E-state index in [0.29, 0.717) is 5.92 Å². The molecule has 0 aromatic carbocycles. The van der Waals surface area contributed by atoms with Crippen molar-refractivity contribution in [2.24, 2.45) is 22.2 Å². The summed E-state index contributed by atoms with van der Waals surface area (Å²) in [6, 6.07) is 0. The van der Waals surface area contributed by atoms with E-state index >= 15 is 0 Å². The number of hydrogen-bond acceptors (Lipinski definition) is 2. The zero-order valence-electron chi connectivity index (χ0n) is 21.5. The van der Waals surface area contributed by atoms with Gasteiger partial charge in [0.25, 0.3) is 0 Å². The fourth-order valence-corrected chi connectivity index (χ4v) is 7.81. The third-order valence-corrected chi connectivity index (χ3v) is 14.8. The molecule has 3 heteroatoms. The molecular weight excluding hydrogens is 384 g/mol. The molecule has 0 unspecified atom stereocenters. The van der Waals surface area contributed by atoms with Crippen molar-refractivity contribution in [1.29, 1.82) is 0 Å². The van der Waals surface area contributed by atoms with Crippen molar-refractivity contribution < 1.29 is 9.53 Å². The summed E-state index contributed by atoms with van der Waals surface area (Å²) in [6.07, 6.45) is 6.33. The van der Waals surface area contributed by atoms with E-state index in [1.54, 1.807) is 11.1 Å². The van der Waals surface area contributed by atoms with Gasteiger partial charge < -0.3 is 9.53 Å². The summed E-state index contributed by atoms with van der Waals surface area (Å²) in [7, 11) is -1.93. The van der Waals surface area contributed by atoms with Crippen LogP contribution >= 0.6 is 0 Å². The Morgan fingerprint density at radius 2 is 1.67 bits per heavy atom. The minimum Gasteiger partial charge on any atom is -0.410 e. The van der Waals surface area contributed by atoms with Gasteiger partial charge in [-0.1, -0.05) is 60.6 Å². The van der Waals surface area contributed by atoms with E-state index in [-0.39, 0.29) is 33.5 Å². The highest BCUT2D eigenvalue weighted by atomic mass is 28.4. The molecule has 172 valence electrons. The molecule has 0 aromatic rings. The van der Waals surface area contributed by atoms with Crippen LogP contribution in [0, 0.1) is 22.2 Å². The molecule has 0 amide bonds. The summed E-state index contributed by atoms with van der Waals surface area (Å²) in [5, 5.41) is 10.9. The molecule has 0 saturated heterocycles. The van der Waals surface area contributed by atoms with Crippen LogP contribution in [0.1, 0.15) is 93.9 Å². The molecule has 2 bridgehead atoms. The number of fused-ring (bicyclic) bond motifs is 3. The summed E-state index contributed by atoms with van der Waals surface area (Å²) in [5.74, 6) is 0.371. The molecule has 0 spiro atoms. The molecule has 0 radical (unpaired) electrons. The lowest BCUT2D eigenvalue weighted by molar-refractivity contribution is -0.0433. The number of allylic oxidation sites excluding steroid dienone is 1. The van der Waals surface area contributed by atoms with Crippen molar-refractivity contribution in [2.45, 2.75) is 124 Å². The van der Waals surface area contributed by atoms with Gasteiger partial charge in [0.1, 0.15) is 0 Å². The van der Waals surface area contributed by atoms with Gasteiger partial charge in [-0.25, -0.2) is 0 Å². The molecule has 0 heterocycles. The molecule has 30 heavy (non-hydrogen) atoms. The zero-order valence-corrected chi connectivity index (χ0v) is 22.5. The number of aliphatic hydroxyl groups is 1. The molecule has 5 atom stereocenters. The van der Waals surface area contributed by atoms with Crippen molar-refractivity contribution >= 4 is 8.32 Å². The minimum atomic E-state index is -1.93. The van der Waals surface area contributed by atoms with Gasteiger partial charge in [-0.2, -0.15) is 0 Å². The Hall–Kier alpha value is -0.383. The van der Waals surface area contributed by atoms with Gasteiger partial charge in [0.15, 0.2) is 8.32 Å². The van der Waals surface area contributed by atoms with Crippen LogP contribution in [0.4, 0.5) is 0 Å². The molecular formula is C27H48O2Si. The van der Waals surface area contributed by atoms with Crippen LogP contribution in [-0.4, -0.2) is 25.6 Å². The van der Waals surface area contributed by atoms with Crippen LogP contribution < -0.4 is 0 Å². The van der Waals surface area contributed by atoms with Crippen molar-refractivity contribution in [3.8, 4) is 0 Å². The topological polar surface area (TPSA) is 29.5 Å². The van der Waals surface area contributed by atoms with Crippen molar-refractivity contribution in [3.63, 3.8) is 0 Å². The van der Waals surface area contributed by atoms with E-state index in [9.17, 15) is 5.11 Å². The third kappa shape index (κ3) is 3.71. The van der Waals surface area contributed by atoms with Gasteiger partial charge >= 0.3 is 0 Å². The first-order valence-corrected chi connectivity index (χ1v) is 15.1. The van der Waals surface area contributed by atoms with Gasteiger partial charge in [-0.15, -0.1) is 0 Å². The summed E-state index contributed by atoms with van der Waals surface area (Å²) >= 11 is 0. The third-order valence-electron chi connectivity index (χ3n) is 10.3. The van der Waals surface area contributed by atoms with Gasteiger partial charge in [0, 0.05) is 0 Å². The second-order valence-corrected chi connectivity index (χ2v) is 18.2. The Bertz CT molecular complexity index is 740. The highest BCUT2D eigenvalue weighted by Gasteiger charge is 2.57. The molecule has 2 fully saturated rings. The Labute approximate surface area is 187 Å². The number of hydrogen-bond donors (Lipinski definition) is 1. The van der Waals surface area contributed by atoms with Gasteiger partial charge in [0.05, 0.1) is 12.2 Å². The van der Waals surface area contributed by atoms with Crippen molar-refractivity contribution in [3.05, 3.63) is 23.3 Å². The van der Waals surface area contributed by atoms with E-state index in [2.05, 4.69) is 75.1 Å². The van der Waals surface area contributed by atoms with Crippen LogP contribution in [0.5, 0.6) is 0 Å². The summed E-state index contributed by atoms with van der Waals surface area (Å²) in [5.41, 5.74) is 4.68. The van der Waals surface area contributed by atoms with Crippen LogP contribution in [-0.2, 0) is 4.43 Å². The van der Waals surface area contributed by atoms with E-state index in [1.165, 1.54) is 12.8 Å². The monoisotopic (exact) mass is 432 g/mol. The average molecular weight is 433 g/mol.